The van der Waals surface area contributed by atoms with Crippen molar-refractivity contribution in [2.24, 2.45) is 5.92 Å². The summed E-state index contributed by atoms with van der Waals surface area (Å²) in [5.74, 6) is -0.893. The minimum absolute atomic E-state index is 0.0145. The summed E-state index contributed by atoms with van der Waals surface area (Å²) in [5.41, 5.74) is -0.239. The van der Waals surface area contributed by atoms with Crippen LogP contribution in [0.4, 0.5) is 0 Å². The fourth-order valence-electron chi connectivity index (χ4n) is 2.13. The molecule has 1 fully saturated rings. The molecule has 0 heterocycles. The van der Waals surface area contributed by atoms with Crippen molar-refractivity contribution in [1.82, 2.24) is 4.31 Å². The van der Waals surface area contributed by atoms with Crippen LogP contribution in [0.3, 0.4) is 0 Å². The van der Waals surface area contributed by atoms with E-state index >= 15 is 0 Å². The van der Waals surface area contributed by atoms with Crippen LogP contribution in [-0.4, -0.2) is 36.9 Å². The molecule has 1 saturated carbocycles. The second kappa shape index (κ2) is 5.87. The SMILES string of the molecule is CC(C1CC1)N(C)S(=O)(=O)c1cc(Br)c(Cl)c(C(=O)O)c1. The summed E-state index contributed by atoms with van der Waals surface area (Å²) < 4.78 is 26.8. The Kier molecular flexibility index (Phi) is 4.68. The Labute approximate surface area is 137 Å². The van der Waals surface area contributed by atoms with Crippen molar-refractivity contribution in [2.45, 2.75) is 30.7 Å². The van der Waals surface area contributed by atoms with Gasteiger partial charge in [-0.05, 0) is 53.7 Å². The Morgan fingerprint density at radius 2 is 2.05 bits per heavy atom. The minimum Gasteiger partial charge on any atom is -0.478 e. The molecule has 1 atom stereocenters. The topological polar surface area (TPSA) is 74.7 Å². The van der Waals surface area contributed by atoms with Crippen LogP contribution in [-0.2, 0) is 10.0 Å². The molecule has 1 N–H and O–H groups in total. The van der Waals surface area contributed by atoms with Gasteiger partial charge in [0.25, 0.3) is 0 Å². The molecule has 0 aromatic heterocycles. The second-order valence-corrected chi connectivity index (χ2v) is 8.40. The number of nitrogens with zero attached hydrogens (tertiary/aromatic N) is 1. The van der Waals surface area contributed by atoms with E-state index in [4.69, 9.17) is 16.7 Å². The molecule has 0 spiro atoms. The average molecular weight is 397 g/mol. The van der Waals surface area contributed by atoms with Crippen LogP contribution in [0.2, 0.25) is 5.02 Å². The Morgan fingerprint density at radius 3 is 2.52 bits per heavy atom. The van der Waals surface area contributed by atoms with Crippen LogP contribution in [0.25, 0.3) is 0 Å². The monoisotopic (exact) mass is 395 g/mol. The molecule has 21 heavy (non-hydrogen) atoms. The second-order valence-electron chi connectivity index (χ2n) is 5.17. The molecule has 0 amide bonds. The number of rotatable bonds is 5. The Morgan fingerprint density at radius 1 is 1.48 bits per heavy atom. The van der Waals surface area contributed by atoms with Gasteiger partial charge in [-0.25, -0.2) is 13.2 Å². The van der Waals surface area contributed by atoms with Gasteiger partial charge in [0, 0.05) is 17.6 Å². The molecule has 116 valence electrons. The van der Waals surface area contributed by atoms with Crippen molar-refractivity contribution in [1.29, 1.82) is 0 Å². The zero-order chi connectivity index (χ0) is 15.9. The quantitative estimate of drug-likeness (QED) is 0.829. The van der Waals surface area contributed by atoms with Gasteiger partial charge in [-0.3, -0.25) is 0 Å². The lowest BCUT2D eigenvalue weighted by Gasteiger charge is -2.24. The van der Waals surface area contributed by atoms with E-state index in [0.29, 0.717) is 5.92 Å². The van der Waals surface area contributed by atoms with Crippen LogP contribution in [0.15, 0.2) is 21.5 Å². The van der Waals surface area contributed by atoms with Gasteiger partial charge >= 0.3 is 5.97 Å². The van der Waals surface area contributed by atoms with E-state index in [9.17, 15) is 13.2 Å². The summed E-state index contributed by atoms with van der Waals surface area (Å²) in [6.45, 7) is 1.86. The first-order chi connectivity index (χ1) is 9.66. The van der Waals surface area contributed by atoms with Gasteiger partial charge in [-0.15, -0.1) is 0 Å². The number of halogens is 2. The van der Waals surface area contributed by atoms with Gasteiger partial charge in [0.2, 0.25) is 10.0 Å². The van der Waals surface area contributed by atoms with E-state index in [1.807, 2.05) is 6.92 Å². The van der Waals surface area contributed by atoms with E-state index in [-0.39, 0.29) is 26.0 Å². The largest absolute Gasteiger partial charge is 0.478 e. The van der Waals surface area contributed by atoms with Gasteiger partial charge in [0.05, 0.1) is 15.5 Å². The molecule has 1 aliphatic rings. The van der Waals surface area contributed by atoms with Gasteiger partial charge in [0.1, 0.15) is 0 Å². The molecule has 8 heteroatoms. The molecule has 0 radical (unpaired) electrons. The first-order valence-corrected chi connectivity index (χ1v) is 8.97. The van der Waals surface area contributed by atoms with Crippen molar-refractivity contribution in [3.05, 3.63) is 27.2 Å². The number of aromatic carboxylic acids is 1. The minimum atomic E-state index is -3.76. The molecule has 0 saturated heterocycles. The van der Waals surface area contributed by atoms with Crippen molar-refractivity contribution in [3.63, 3.8) is 0 Å². The summed E-state index contributed by atoms with van der Waals surface area (Å²) in [6, 6.07) is 2.32. The summed E-state index contributed by atoms with van der Waals surface area (Å²) in [4.78, 5) is 11.1. The molecule has 2 rings (SSSR count). The smallest absolute Gasteiger partial charge is 0.337 e. The predicted molar refractivity (Wildman–Crippen MR) is 83.2 cm³/mol. The lowest BCUT2D eigenvalue weighted by atomic mass is 10.2. The number of benzene rings is 1. The Bertz CT molecular complexity index is 688. The normalized spacial score (nSPS) is 17.0. The fraction of sp³-hybridized carbons (Fsp3) is 0.462. The highest BCUT2D eigenvalue weighted by Gasteiger charge is 2.36. The van der Waals surface area contributed by atoms with Crippen molar-refractivity contribution >= 4 is 43.5 Å². The van der Waals surface area contributed by atoms with Crippen LogP contribution >= 0.6 is 27.5 Å². The third kappa shape index (κ3) is 3.26. The number of carboxylic acid groups (broad SMARTS) is 1. The highest BCUT2D eigenvalue weighted by molar-refractivity contribution is 9.10. The number of carbonyl (C=O) groups is 1. The third-order valence-electron chi connectivity index (χ3n) is 3.79. The highest BCUT2D eigenvalue weighted by Crippen LogP contribution is 2.37. The van der Waals surface area contributed by atoms with Crippen LogP contribution in [0.1, 0.15) is 30.1 Å². The van der Waals surface area contributed by atoms with E-state index < -0.39 is 16.0 Å². The molecule has 5 nitrogen and oxygen atoms in total. The number of carboxylic acids is 1. The average Bonchev–Trinajstić information content (AvgIpc) is 3.23. The lowest BCUT2D eigenvalue weighted by Crippen LogP contribution is -2.36. The fourth-order valence-corrected chi connectivity index (χ4v) is 4.41. The maximum absolute atomic E-state index is 12.6. The van der Waals surface area contributed by atoms with E-state index in [0.717, 1.165) is 18.9 Å². The summed E-state index contributed by atoms with van der Waals surface area (Å²) in [7, 11) is -2.24. The molecule has 0 aliphatic heterocycles. The van der Waals surface area contributed by atoms with Gasteiger partial charge < -0.3 is 5.11 Å². The zero-order valence-corrected chi connectivity index (χ0v) is 14.7. The van der Waals surface area contributed by atoms with E-state index in [1.165, 1.54) is 17.4 Å². The van der Waals surface area contributed by atoms with Crippen molar-refractivity contribution < 1.29 is 18.3 Å². The van der Waals surface area contributed by atoms with E-state index in [1.54, 1.807) is 0 Å². The third-order valence-corrected chi connectivity index (χ3v) is 6.97. The van der Waals surface area contributed by atoms with Crippen molar-refractivity contribution in [2.75, 3.05) is 7.05 Å². The van der Waals surface area contributed by atoms with Gasteiger partial charge in [0.15, 0.2) is 0 Å². The highest BCUT2D eigenvalue weighted by atomic mass is 79.9. The Balaban J connectivity index is 2.47. The van der Waals surface area contributed by atoms with Crippen molar-refractivity contribution in [3.8, 4) is 0 Å². The summed E-state index contributed by atoms with van der Waals surface area (Å²) in [6.07, 6.45) is 2.04. The molecular formula is C13H15BrClNO4S. The standard InChI is InChI=1S/C13H15BrClNO4S/c1-7(8-3-4-8)16(2)21(19,20)9-5-10(13(17)18)12(15)11(14)6-9/h5-8H,3-4H2,1-2H3,(H,17,18). The van der Waals surface area contributed by atoms with Crippen LogP contribution < -0.4 is 0 Å². The van der Waals surface area contributed by atoms with Crippen LogP contribution in [0, 0.1) is 5.92 Å². The first kappa shape index (κ1) is 16.7. The number of hydrogen-bond acceptors (Lipinski definition) is 3. The number of hydrogen-bond donors (Lipinski definition) is 1. The van der Waals surface area contributed by atoms with Gasteiger partial charge in [-0.2, -0.15) is 4.31 Å². The van der Waals surface area contributed by atoms with E-state index in [2.05, 4.69) is 15.9 Å². The molecular weight excluding hydrogens is 382 g/mol. The first-order valence-electron chi connectivity index (χ1n) is 6.36. The molecule has 1 aromatic rings. The summed E-state index contributed by atoms with van der Waals surface area (Å²) in [5, 5.41) is 9.10. The maximum Gasteiger partial charge on any atom is 0.337 e. The molecule has 1 unspecified atom stereocenters. The summed E-state index contributed by atoms with van der Waals surface area (Å²) >= 11 is 8.98. The molecule has 0 bridgehead atoms. The number of sulfonamides is 1. The maximum atomic E-state index is 12.6. The lowest BCUT2D eigenvalue weighted by molar-refractivity contribution is 0.0696. The predicted octanol–water partition coefficient (Wildman–Crippen LogP) is 3.22. The Hall–Kier alpha value is -0.630. The molecule has 1 aromatic carbocycles. The molecule has 1 aliphatic carbocycles. The van der Waals surface area contributed by atoms with Gasteiger partial charge in [-0.1, -0.05) is 11.6 Å². The van der Waals surface area contributed by atoms with Crippen LogP contribution in [0.5, 0.6) is 0 Å². The zero-order valence-electron chi connectivity index (χ0n) is 11.5.